The lowest BCUT2D eigenvalue weighted by atomic mass is 10.1. The lowest BCUT2D eigenvalue weighted by molar-refractivity contribution is 0.596. The maximum absolute atomic E-state index is 14.2. The molecule has 0 amide bonds. The van der Waals surface area contributed by atoms with Crippen LogP contribution >= 0.6 is 0 Å². The van der Waals surface area contributed by atoms with Gasteiger partial charge in [0.25, 0.3) is 0 Å². The van der Waals surface area contributed by atoms with Gasteiger partial charge < -0.3 is 5.32 Å². The van der Waals surface area contributed by atoms with Crippen molar-refractivity contribution < 1.29 is 4.39 Å². The summed E-state index contributed by atoms with van der Waals surface area (Å²) in [5.74, 6) is -0.167. The van der Waals surface area contributed by atoms with Gasteiger partial charge >= 0.3 is 0 Å². The summed E-state index contributed by atoms with van der Waals surface area (Å²) in [6.07, 6.45) is 3.84. The van der Waals surface area contributed by atoms with Crippen LogP contribution in [0.4, 0.5) is 10.2 Å². The number of halogens is 1. The van der Waals surface area contributed by atoms with Crippen LogP contribution in [0.3, 0.4) is 0 Å². The third-order valence-electron chi connectivity index (χ3n) is 3.59. The van der Waals surface area contributed by atoms with Crippen molar-refractivity contribution in [3.05, 3.63) is 59.9 Å². The maximum Gasteiger partial charge on any atom is 0.186 e. The molecule has 0 spiro atoms. The van der Waals surface area contributed by atoms with Gasteiger partial charge in [0.05, 0.1) is 11.4 Å². The summed E-state index contributed by atoms with van der Waals surface area (Å²) in [5.41, 5.74) is 3.31. The normalized spacial score (nSPS) is 10.7. The number of aryl methyl sites for hydroxylation is 2. The fourth-order valence-corrected chi connectivity index (χ4v) is 2.46. The fraction of sp³-hybridized carbons (Fsp3) is 0.235. The van der Waals surface area contributed by atoms with Gasteiger partial charge in [-0.2, -0.15) is 5.10 Å². The van der Waals surface area contributed by atoms with E-state index in [2.05, 4.69) is 20.4 Å². The van der Waals surface area contributed by atoms with E-state index >= 15 is 0 Å². The minimum Gasteiger partial charge on any atom is -0.363 e. The molecule has 0 aliphatic carbocycles. The molecule has 5 nitrogen and oxygen atoms in total. The summed E-state index contributed by atoms with van der Waals surface area (Å²) < 4.78 is 16.0. The molecular formula is C17H18FN5. The summed E-state index contributed by atoms with van der Waals surface area (Å²) in [4.78, 5) is 7.93. The second kappa shape index (κ2) is 6.56. The molecule has 0 radical (unpaired) electrons. The van der Waals surface area contributed by atoms with Gasteiger partial charge in [-0.1, -0.05) is 37.3 Å². The first-order valence-electron chi connectivity index (χ1n) is 7.50. The number of nitrogens with one attached hydrogen (secondary N) is 1. The number of anilines is 1. The fourth-order valence-electron chi connectivity index (χ4n) is 2.46. The summed E-state index contributed by atoms with van der Waals surface area (Å²) in [6.45, 7) is 2.30. The quantitative estimate of drug-likeness (QED) is 0.786. The molecule has 0 saturated carbocycles. The third kappa shape index (κ3) is 3.21. The Hall–Kier alpha value is -2.76. The molecule has 2 aromatic heterocycles. The number of rotatable bonds is 5. The van der Waals surface area contributed by atoms with Crippen molar-refractivity contribution in [2.75, 3.05) is 5.32 Å². The monoisotopic (exact) mass is 311 g/mol. The van der Waals surface area contributed by atoms with Crippen LogP contribution in [0.15, 0.2) is 42.9 Å². The van der Waals surface area contributed by atoms with Crippen molar-refractivity contribution in [3.63, 3.8) is 0 Å². The Labute approximate surface area is 134 Å². The van der Waals surface area contributed by atoms with Gasteiger partial charge in [0.1, 0.15) is 6.33 Å². The number of benzene rings is 1. The average molecular weight is 311 g/mol. The Balaban J connectivity index is 1.85. The number of hydrogen-bond donors (Lipinski definition) is 1. The highest BCUT2D eigenvalue weighted by atomic mass is 19.1. The van der Waals surface area contributed by atoms with E-state index in [1.54, 1.807) is 4.68 Å². The lowest BCUT2D eigenvalue weighted by Crippen LogP contribution is -2.07. The number of nitrogens with zero attached hydrogens (tertiary/aromatic N) is 4. The molecule has 0 aliphatic rings. The highest BCUT2D eigenvalue weighted by Crippen LogP contribution is 2.23. The molecule has 3 aromatic rings. The van der Waals surface area contributed by atoms with Crippen LogP contribution in [0.25, 0.3) is 11.3 Å². The van der Waals surface area contributed by atoms with E-state index < -0.39 is 0 Å². The standard InChI is InChI=1S/C17H18FN5/c1-3-14-15(18)17(21-11-20-14)19-9-13-10-23(2)22-16(13)12-7-5-4-6-8-12/h4-8,10-11H,3,9H2,1-2H3,(H,19,20,21). The van der Waals surface area contributed by atoms with Crippen LogP contribution in [0.5, 0.6) is 0 Å². The van der Waals surface area contributed by atoms with Crippen LogP contribution in [0.1, 0.15) is 18.2 Å². The van der Waals surface area contributed by atoms with Gasteiger partial charge in [0.15, 0.2) is 11.6 Å². The Kier molecular flexibility index (Phi) is 4.32. The van der Waals surface area contributed by atoms with Crippen molar-refractivity contribution >= 4 is 5.82 Å². The van der Waals surface area contributed by atoms with Crippen molar-refractivity contribution in [3.8, 4) is 11.3 Å². The van der Waals surface area contributed by atoms with Crippen molar-refractivity contribution in [1.29, 1.82) is 0 Å². The lowest BCUT2D eigenvalue weighted by Gasteiger charge is -2.08. The first-order valence-corrected chi connectivity index (χ1v) is 7.50. The minimum absolute atomic E-state index is 0.222. The molecule has 6 heteroatoms. The summed E-state index contributed by atoms with van der Waals surface area (Å²) in [6, 6.07) is 9.92. The van der Waals surface area contributed by atoms with E-state index in [1.165, 1.54) is 6.33 Å². The highest BCUT2D eigenvalue weighted by molar-refractivity contribution is 5.63. The zero-order valence-electron chi connectivity index (χ0n) is 13.1. The molecule has 2 heterocycles. The largest absolute Gasteiger partial charge is 0.363 e. The summed E-state index contributed by atoms with van der Waals surface area (Å²) >= 11 is 0. The van der Waals surface area contributed by atoms with Gasteiger partial charge in [-0.25, -0.2) is 14.4 Å². The molecule has 0 unspecified atom stereocenters. The van der Waals surface area contributed by atoms with Gasteiger partial charge in [0.2, 0.25) is 0 Å². The first kappa shape index (κ1) is 15.1. The van der Waals surface area contributed by atoms with Gasteiger partial charge in [0, 0.05) is 30.9 Å². The Morgan fingerprint density at radius 1 is 1.17 bits per heavy atom. The molecule has 0 fully saturated rings. The van der Waals surface area contributed by atoms with Gasteiger partial charge in [-0.15, -0.1) is 0 Å². The van der Waals surface area contributed by atoms with Gasteiger partial charge in [-0.05, 0) is 6.42 Å². The zero-order valence-corrected chi connectivity index (χ0v) is 13.1. The molecule has 23 heavy (non-hydrogen) atoms. The van der Waals surface area contributed by atoms with Crippen molar-refractivity contribution in [1.82, 2.24) is 19.7 Å². The second-order valence-corrected chi connectivity index (χ2v) is 5.23. The second-order valence-electron chi connectivity index (χ2n) is 5.23. The van der Waals surface area contributed by atoms with E-state index in [4.69, 9.17) is 0 Å². The Morgan fingerprint density at radius 2 is 1.96 bits per heavy atom. The van der Waals surface area contributed by atoms with Crippen LogP contribution in [-0.4, -0.2) is 19.7 Å². The Morgan fingerprint density at radius 3 is 2.70 bits per heavy atom. The van der Waals surface area contributed by atoms with Gasteiger partial charge in [-0.3, -0.25) is 4.68 Å². The molecule has 118 valence electrons. The van der Waals surface area contributed by atoms with Crippen LogP contribution in [0.2, 0.25) is 0 Å². The predicted molar refractivity (Wildman–Crippen MR) is 87.3 cm³/mol. The highest BCUT2D eigenvalue weighted by Gasteiger charge is 2.13. The summed E-state index contributed by atoms with van der Waals surface area (Å²) in [7, 11) is 1.87. The van der Waals surface area contributed by atoms with E-state index in [9.17, 15) is 4.39 Å². The molecule has 1 N–H and O–H groups in total. The first-order chi connectivity index (χ1) is 11.2. The topological polar surface area (TPSA) is 55.6 Å². The average Bonchev–Trinajstić information content (AvgIpc) is 2.95. The Bertz CT molecular complexity index is 798. The van der Waals surface area contributed by atoms with E-state index in [0.717, 1.165) is 16.8 Å². The summed E-state index contributed by atoms with van der Waals surface area (Å²) in [5, 5.41) is 7.55. The maximum atomic E-state index is 14.2. The molecule has 1 aromatic carbocycles. The molecule has 0 aliphatic heterocycles. The van der Waals surface area contributed by atoms with Crippen molar-refractivity contribution in [2.24, 2.45) is 7.05 Å². The molecule has 0 atom stereocenters. The SMILES string of the molecule is CCc1ncnc(NCc2cn(C)nc2-c2ccccc2)c1F. The van der Waals surface area contributed by atoms with Crippen LogP contribution in [-0.2, 0) is 20.0 Å². The smallest absolute Gasteiger partial charge is 0.186 e. The third-order valence-corrected chi connectivity index (χ3v) is 3.59. The van der Waals surface area contributed by atoms with E-state index in [1.807, 2.05) is 50.5 Å². The molecule has 0 bridgehead atoms. The minimum atomic E-state index is -0.389. The predicted octanol–water partition coefficient (Wildman–Crippen LogP) is 3.19. The number of aromatic nitrogens is 4. The van der Waals surface area contributed by atoms with E-state index in [-0.39, 0.29) is 11.6 Å². The molecule has 3 rings (SSSR count). The molecular weight excluding hydrogens is 293 g/mol. The zero-order chi connectivity index (χ0) is 16.2. The molecule has 0 saturated heterocycles. The number of hydrogen-bond acceptors (Lipinski definition) is 4. The van der Waals surface area contributed by atoms with Crippen LogP contribution < -0.4 is 5.32 Å². The van der Waals surface area contributed by atoms with E-state index in [0.29, 0.717) is 18.7 Å². The van der Waals surface area contributed by atoms with Crippen molar-refractivity contribution in [2.45, 2.75) is 19.9 Å². The van der Waals surface area contributed by atoms with Crippen LogP contribution in [0, 0.1) is 5.82 Å².